The molecule has 0 saturated carbocycles. The third kappa shape index (κ3) is 2.69. The Hall–Kier alpha value is -2.94. The van der Waals surface area contributed by atoms with Crippen LogP contribution < -0.4 is 0 Å². The maximum Gasteiger partial charge on any atom is 0.138 e. The van der Waals surface area contributed by atoms with Crippen LogP contribution in [-0.2, 0) is 0 Å². The van der Waals surface area contributed by atoms with Crippen LogP contribution in [0.25, 0.3) is 33.6 Å². The molecule has 0 amide bonds. The van der Waals surface area contributed by atoms with Crippen LogP contribution in [0.5, 0.6) is 0 Å². The van der Waals surface area contributed by atoms with Crippen molar-refractivity contribution in [1.29, 1.82) is 0 Å². The second-order valence-corrected chi connectivity index (χ2v) is 6.10. The van der Waals surface area contributed by atoms with E-state index in [9.17, 15) is 4.39 Å². The van der Waals surface area contributed by atoms with Gasteiger partial charge < -0.3 is 4.42 Å². The van der Waals surface area contributed by atoms with Crippen LogP contribution in [0.2, 0.25) is 0 Å². The van der Waals surface area contributed by atoms with Crippen LogP contribution in [0.15, 0.2) is 65.2 Å². The highest BCUT2D eigenvalue weighted by Gasteiger charge is 2.09. The van der Waals surface area contributed by atoms with Gasteiger partial charge in [-0.05, 0) is 56.3 Å². The van der Waals surface area contributed by atoms with Crippen LogP contribution in [0.1, 0.15) is 11.1 Å². The standard InChI is InChI=1S/C21H16FNO/c1-13-7-14(2)9-16(8-13)19-11-21-17(12-23-19)10-20(24-21)15-3-5-18(22)6-4-15/h3-12H,1-2H3. The van der Waals surface area contributed by atoms with Gasteiger partial charge in [0.25, 0.3) is 0 Å². The zero-order valence-electron chi connectivity index (χ0n) is 13.5. The van der Waals surface area contributed by atoms with E-state index >= 15 is 0 Å². The predicted octanol–water partition coefficient (Wildman–Crippen LogP) is 5.92. The number of pyridine rings is 1. The van der Waals surface area contributed by atoms with Gasteiger partial charge in [-0.1, -0.05) is 17.2 Å². The molecule has 4 rings (SSSR count). The Balaban J connectivity index is 1.79. The van der Waals surface area contributed by atoms with E-state index < -0.39 is 0 Å². The van der Waals surface area contributed by atoms with Crippen LogP contribution in [-0.4, -0.2) is 4.98 Å². The molecule has 2 nitrogen and oxygen atoms in total. The summed E-state index contributed by atoms with van der Waals surface area (Å²) in [5.41, 5.74) is 6.00. The van der Waals surface area contributed by atoms with Crippen LogP contribution in [0.4, 0.5) is 4.39 Å². The van der Waals surface area contributed by atoms with Crippen molar-refractivity contribution in [3.8, 4) is 22.6 Å². The molecule has 24 heavy (non-hydrogen) atoms. The van der Waals surface area contributed by atoms with Gasteiger partial charge in [-0.3, -0.25) is 4.98 Å². The lowest BCUT2D eigenvalue weighted by Gasteiger charge is -2.04. The van der Waals surface area contributed by atoms with Crippen molar-refractivity contribution in [2.45, 2.75) is 13.8 Å². The lowest BCUT2D eigenvalue weighted by atomic mass is 10.0. The molecule has 0 unspecified atom stereocenters. The number of halogens is 1. The highest BCUT2D eigenvalue weighted by Crippen LogP contribution is 2.30. The molecule has 0 bridgehead atoms. The summed E-state index contributed by atoms with van der Waals surface area (Å²) in [6.07, 6.45) is 1.82. The number of aryl methyl sites for hydroxylation is 2. The molecule has 118 valence electrons. The molecule has 2 heterocycles. The summed E-state index contributed by atoms with van der Waals surface area (Å²) in [6.45, 7) is 4.16. The molecule has 2 aromatic heterocycles. The summed E-state index contributed by atoms with van der Waals surface area (Å²) >= 11 is 0. The Bertz CT molecular complexity index is 1010. The summed E-state index contributed by atoms with van der Waals surface area (Å²) in [6, 6.07) is 16.6. The van der Waals surface area contributed by atoms with Crippen molar-refractivity contribution >= 4 is 11.0 Å². The van der Waals surface area contributed by atoms with Gasteiger partial charge in [0.2, 0.25) is 0 Å². The largest absolute Gasteiger partial charge is 0.456 e. The van der Waals surface area contributed by atoms with Crippen LogP contribution in [0, 0.1) is 19.7 Å². The zero-order valence-corrected chi connectivity index (χ0v) is 13.5. The SMILES string of the molecule is Cc1cc(C)cc(-c2cc3oc(-c4ccc(F)cc4)cc3cn2)c1. The van der Waals surface area contributed by atoms with E-state index in [0.29, 0.717) is 5.76 Å². The number of furan rings is 1. The number of hydrogen-bond donors (Lipinski definition) is 0. The maximum absolute atomic E-state index is 13.1. The van der Waals surface area contributed by atoms with Crippen molar-refractivity contribution in [2.75, 3.05) is 0 Å². The Morgan fingerprint density at radius 3 is 2.25 bits per heavy atom. The van der Waals surface area contributed by atoms with E-state index in [2.05, 4.69) is 37.0 Å². The number of fused-ring (bicyclic) bond motifs is 1. The number of aromatic nitrogens is 1. The molecular formula is C21H16FNO. The first-order valence-electron chi connectivity index (χ1n) is 7.83. The number of hydrogen-bond acceptors (Lipinski definition) is 2. The van der Waals surface area contributed by atoms with Crippen molar-refractivity contribution in [1.82, 2.24) is 4.98 Å². The molecule has 0 fully saturated rings. The van der Waals surface area contributed by atoms with Gasteiger partial charge in [-0.25, -0.2) is 4.39 Å². The van der Waals surface area contributed by atoms with Crippen molar-refractivity contribution in [3.05, 3.63) is 77.7 Å². The fourth-order valence-corrected chi connectivity index (χ4v) is 2.97. The first kappa shape index (κ1) is 14.6. The second-order valence-electron chi connectivity index (χ2n) is 6.10. The molecule has 0 saturated heterocycles. The van der Waals surface area contributed by atoms with Gasteiger partial charge in [0.05, 0.1) is 5.69 Å². The van der Waals surface area contributed by atoms with Gasteiger partial charge in [0.15, 0.2) is 0 Å². The molecule has 0 aliphatic rings. The van der Waals surface area contributed by atoms with Gasteiger partial charge >= 0.3 is 0 Å². The summed E-state index contributed by atoms with van der Waals surface area (Å²) in [7, 11) is 0. The summed E-state index contributed by atoms with van der Waals surface area (Å²) in [5.74, 6) is 0.456. The van der Waals surface area contributed by atoms with Gasteiger partial charge in [-0.15, -0.1) is 0 Å². The fraction of sp³-hybridized carbons (Fsp3) is 0.0952. The predicted molar refractivity (Wildman–Crippen MR) is 94.3 cm³/mol. The molecule has 0 aliphatic carbocycles. The van der Waals surface area contributed by atoms with E-state index in [0.717, 1.165) is 27.8 Å². The quantitative estimate of drug-likeness (QED) is 0.459. The van der Waals surface area contributed by atoms with E-state index in [1.54, 1.807) is 12.1 Å². The minimum Gasteiger partial charge on any atom is -0.456 e. The smallest absolute Gasteiger partial charge is 0.138 e. The van der Waals surface area contributed by atoms with Gasteiger partial charge in [0, 0.05) is 28.8 Å². The van der Waals surface area contributed by atoms with E-state index in [1.807, 2.05) is 18.3 Å². The maximum atomic E-state index is 13.1. The molecular weight excluding hydrogens is 301 g/mol. The van der Waals surface area contributed by atoms with Gasteiger partial charge in [-0.2, -0.15) is 0 Å². The lowest BCUT2D eigenvalue weighted by Crippen LogP contribution is -1.85. The van der Waals surface area contributed by atoms with Crippen molar-refractivity contribution < 1.29 is 8.81 Å². The van der Waals surface area contributed by atoms with E-state index in [4.69, 9.17) is 4.42 Å². The molecule has 0 atom stereocenters. The Morgan fingerprint density at radius 1 is 0.833 bits per heavy atom. The average molecular weight is 317 g/mol. The molecule has 2 aromatic carbocycles. The Morgan fingerprint density at radius 2 is 1.54 bits per heavy atom. The lowest BCUT2D eigenvalue weighted by molar-refractivity contribution is 0.623. The molecule has 0 N–H and O–H groups in total. The van der Waals surface area contributed by atoms with E-state index in [1.165, 1.54) is 23.3 Å². The molecule has 4 aromatic rings. The van der Waals surface area contributed by atoms with Crippen molar-refractivity contribution in [2.24, 2.45) is 0 Å². The summed E-state index contributed by atoms with van der Waals surface area (Å²) in [5, 5.41) is 0.933. The Labute approximate surface area is 139 Å². The molecule has 0 aliphatic heterocycles. The van der Waals surface area contributed by atoms with Crippen molar-refractivity contribution in [3.63, 3.8) is 0 Å². The number of benzene rings is 2. The summed E-state index contributed by atoms with van der Waals surface area (Å²) in [4.78, 5) is 4.56. The molecule has 3 heteroatoms. The molecule has 0 radical (unpaired) electrons. The number of rotatable bonds is 2. The van der Waals surface area contributed by atoms with Gasteiger partial charge in [0.1, 0.15) is 17.2 Å². The molecule has 0 spiro atoms. The minimum atomic E-state index is -0.256. The van der Waals surface area contributed by atoms with E-state index in [-0.39, 0.29) is 5.82 Å². The highest BCUT2D eigenvalue weighted by atomic mass is 19.1. The topological polar surface area (TPSA) is 26.0 Å². The third-order valence-corrected chi connectivity index (χ3v) is 4.05. The third-order valence-electron chi connectivity index (χ3n) is 4.05. The number of nitrogens with zero attached hydrogens (tertiary/aromatic N) is 1. The minimum absolute atomic E-state index is 0.256. The van der Waals surface area contributed by atoms with Crippen LogP contribution >= 0.6 is 0 Å². The van der Waals surface area contributed by atoms with Crippen LogP contribution in [0.3, 0.4) is 0 Å². The Kier molecular flexibility index (Phi) is 3.42. The first-order valence-corrected chi connectivity index (χ1v) is 7.83. The second kappa shape index (κ2) is 5.60. The average Bonchev–Trinajstić information content (AvgIpc) is 2.97. The first-order chi connectivity index (χ1) is 11.6. The fourth-order valence-electron chi connectivity index (χ4n) is 2.97. The monoisotopic (exact) mass is 317 g/mol. The highest BCUT2D eigenvalue weighted by molar-refractivity contribution is 5.85. The zero-order chi connectivity index (χ0) is 16.7. The summed E-state index contributed by atoms with van der Waals surface area (Å²) < 4.78 is 19.0. The normalized spacial score (nSPS) is 11.1.